The number of rotatable bonds is 4. The van der Waals surface area contributed by atoms with Crippen molar-refractivity contribution in [1.82, 2.24) is 9.55 Å². The van der Waals surface area contributed by atoms with E-state index in [1.54, 1.807) is 6.07 Å². The van der Waals surface area contributed by atoms with E-state index in [2.05, 4.69) is 4.98 Å². The Morgan fingerprint density at radius 3 is 2.37 bits per heavy atom. The molecule has 5 heteroatoms. The Morgan fingerprint density at radius 2 is 1.63 bits per heavy atom. The van der Waals surface area contributed by atoms with Gasteiger partial charge in [-0.25, -0.2) is 9.78 Å². The SMILES string of the molecule is CC(C)(C)OC(=O)c1ccccc1-c1ccc(Cn2c(Cl)nc3ccccc32)cc1. The van der Waals surface area contributed by atoms with Gasteiger partial charge in [-0.15, -0.1) is 0 Å². The molecule has 0 amide bonds. The number of hydrogen-bond acceptors (Lipinski definition) is 3. The maximum Gasteiger partial charge on any atom is 0.339 e. The third-order valence-electron chi connectivity index (χ3n) is 4.76. The first-order valence-electron chi connectivity index (χ1n) is 9.84. The Kier molecular flexibility index (Phi) is 5.35. The highest BCUT2D eigenvalue weighted by molar-refractivity contribution is 6.29. The van der Waals surface area contributed by atoms with Crippen molar-refractivity contribution >= 4 is 28.6 Å². The van der Waals surface area contributed by atoms with Crippen molar-refractivity contribution in [2.45, 2.75) is 32.9 Å². The van der Waals surface area contributed by atoms with Crippen LogP contribution in [0.1, 0.15) is 36.7 Å². The first-order valence-corrected chi connectivity index (χ1v) is 10.2. The van der Waals surface area contributed by atoms with Gasteiger partial charge in [0.2, 0.25) is 5.28 Å². The molecular weight excluding hydrogens is 396 g/mol. The molecule has 0 aliphatic rings. The number of carbonyl (C=O) groups is 1. The molecule has 0 radical (unpaired) electrons. The lowest BCUT2D eigenvalue weighted by atomic mass is 9.98. The molecule has 0 N–H and O–H groups in total. The summed E-state index contributed by atoms with van der Waals surface area (Å²) in [7, 11) is 0. The summed E-state index contributed by atoms with van der Waals surface area (Å²) in [5, 5.41) is 0.468. The van der Waals surface area contributed by atoms with Crippen molar-refractivity contribution < 1.29 is 9.53 Å². The number of imidazole rings is 1. The molecule has 0 saturated carbocycles. The molecule has 0 aliphatic carbocycles. The van der Waals surface area contributed by atoms with Gasteiger partial charge < -0.3 is 9.30 Å². The summed E-state index contributed by atoms with van der Waals surface area (Å²) in [5.41, 5.74) is 4.81. The lowest BCUT2D eigenvalue weighted by molar-refractivity contribution is 0.00704. The smallest absolute Gasteiger partial charge is 0.339 e. The van der Waals surface area contributed by atoms with Gasteiger partial charge in [-0.3, -0.25) is 0 Å². The molecule has 3 aromatic carbocycles. The summed E-state index contributed by atoms with van der Waals surface area (Å²) in [6.45, 7) is 6.22. The standard InChI is InChI=1S/C25H23ClN2O2/c1-25(2,3)30-23(29)20-9-5-4-8-19(20)18-14-12-17(13-15-18)16-28-22-11-7-6-10-21(22)27-24(28)26/h4-15H,16H2,1-3H3. The molecule has 0 spiro atoms. The Balaban J connectivity index is 1.62. The van der Waals surface area contributed by atoms with E-state index in [1.807, 2.05) is 92.1 Å². The Hall–Kier alpha value is -3.11. The second kappa shape index (κ2) is 7.96. The number of hydrogen-bond donors (Lipinski definition) is 0. The first kappa shape index (κ1) is 20.2. The summed E-state index contributed by atoms with van der Waals surface area (Å²) in [5.74, 6) is -0.321. The van der Waals surface area contributed by atoms with E-state index >= 15 is 0 Å². The van der Waals surface area contributed by atoms with E-state index in [0.717, 1.165) is 27.7 Å². The predicted molar refractivity (Wildman–Crippen MR) is 121 cm³/mol. The van der Waals surface area contributed by atoms with Gasteiger partial charge in [-0.1, -0.05) is 54.6 Å². The van der Waals surface area contributed by atoms with Gasteiger partial charge in [0.1, 0.15) is 5.60 Å². The summed E-state index contributed by atoms with van der Waals surface area (Å²) in [4.78, 5) is 17.1. The van der Waals surface area contributed by atoms with E-state index in [1.165, 1.54) is 0 Å². The van der Waals surface area contributed by atoms with Gasteiger partial charge >= 0.3 is 5.97 Å². The number of nitrogens with zero attached hydrogens (tertiary/aromatic N) is 2. The van der Waals surface area contributed by atoms with Crippen molar-refractivity contribution in [2.75, 3.05) is 0 Å². The zero-order chi connectivity index (χ0) is 21.3. The van der Waals surface area contributed by atoms with E-state index in [0.29, 0.717) is 17.4 Å². The fourth-order valence-corrected chi connectivity index (χ4v) is 3.66. The van der Waals surface area contributed by atoms with Crippen LogP contribution in [-0.4, -0.2) is 21.1 Å². The summed E-state index contributed by atoms with van der Waals surface area (Å²) < 4.78 is 7.56. The third-order valence-corrected chi connectivity index (χ3v) is 5.05. The van der Waals surface area contributed by atoms with Crippen molar-refractivity contribution in [3.8, 4) is 11.1 Å². The third kappa shape index (κ3) is 4.24. The Bertz CT molecular complexity index is 1200. The normalized spacial score (nSPS) is 11.6. The Morgan fingerprint density at radius 1 is 0.967 bits per heavy atom. The van der Waals surface area contributed by atoms with Crippen LogP contribution in [0.5, 0.6) is 0 Å². The molecule has 0 bridgehead atoms. The number of halogens is 1. The first-order chi connectivity index (χ1) is 14.3. The minimum Gasteiger partial charge on any atom is -0.456 e. The number of esters is 1. The van der Waals surface area contributed by atoms with Gasteiger partial charge in [0.05, 0.1) is 23.1 Å². The van der Waals surface area contributed by atoms with Gasteiger partial charge in [0, 0.05) is 0 Å². The largest absolute Gasteiger partial charge is 0.456 e. The number of benzene rings is 3. The summed E-state index contributed by atoms with van der Waals surface area (Å²) in [6, 6.07) is 23.5. The van der Waals surface area contributed by atoms with E-state index in [4.69, 9.17) is 16.3 Å². The van der Waals surface area contributed by atoms with Crippen LogP contribution >= 0.6 is 11.6 Å². The molecule has 0 fully saturated rings. The fourth-order valence-electron chi connectivity index (χ4n) is 3.41. The minimum absolute atomic E-state index is 0.321. The quantitative estimate of drug-likeness (QED) is 0.362. The minimum atomic E-state index is -0.541. The topological polar surface area (TPSA) is 44.1 Å². The van der Waals surface area contributed by atoms with Gasteiger partial charge in [0.25, 0.3) is 0 Å². The maximum atomic E-state index is 12.6. The molecule has 30 heavy (non-hydrogen) atoms. The number of para-hydroxylation sites is 2. The Labute approximate surface area is 181 Å². The van der Waals surface area contributed by atoms with Crippen LogP contribution in [0.25, 0.3) is 22.2 Å². The van der Waals surface area contributed by atoms with Crippen LogP contribution < -0.4 is 0 Å². The second-order valence-corrected chi connectivity index (χ2v) is 8.54. The lowest BCUT2D eigenvalue weighted by Crippen LogP contribution is -2.24. The van der Waals surface area contributed by atoms with Crippen molar-refractivity contribution in [3.05, 3.63) is 89.2 Å². The molecular formula is C25H23ClN2O2. The van der Waals surface area contributed by atoms with Gasteiger partial charge in [-0.05, 0) is 67.3 Å². The molecule has 0 unspecified atom stereocenters. The van der Waals surface area contributed by atoms with E-state index in [9.17, 15) is 4.79 Å². The van der Waals surface area contributed by atoms with Gasteiger partial charge in [0.15, 0.2) is 0 Å². The molecule has 1 aromatic heterocycles. The highest BCUT2D eigenvalue weighted by atomic mass is 35.5. The summed E-state index contributed by atoms with van der Waals surface area (Å²) >= 11 is 6.35. The monoisotopic (exact) mass is 418 g/mol. The molecule has 4 nitrogen and oxygen atoms in total. The summed E-state index contributed by atoms with van der Waals surface area (Å²) in [6.07, 6.45) is 0. The van der Waals surface area contributed by atoms with Crippen LogP contribution in [0.15, 0.2) is 72.8 Å². The molecule has 0 aliphatic heterocycles. The van der Waals surface area contributed by atoms with Crippen LogP contribution in [0.3, 0.4) is 0 Å². The fraction of sp³-hybridized carbons (Fsp3) is 0.200. The molecule has 1 heterocycles. The zero-order valence-corrected chi connectivity index (χ0v) is 18.0. The highest BCUT2D eigenvalue weighted by Gasteiger charge is 2.20. The van der Waals surface area contributed by atoms with E-state index < -0.39 is 5.60 Å². The van der Waals surface area contributed by atoms with Crippen LogP contribution in [0, 0.1) is 0 Å². The highest BCUT2D eigenvalue weighted by Crippen LogP contribution is 2.27. The lowest BCUT2D eigenvalue weighted by Gasteiger charge is -2.20. The van der Waals surface area contributed by atoms with Gasteiger partial charge in [-0.2, -0.15) is 0 Å². The van der Waals surface area contributed by atoms with E-state index in [-0.39, 0.29) is 5.97 Å². The maximum absolute atomic E-state index is 12.6. The average Bonchev–Trinajstić information content (AvgIpc) is 3.02. The number of carbonyl (C=O) groups excluding carboxylic acids is 1. The molecule has 4 rings (SSSR count). The van der Waals surface area contributed by atoms with Crippen molar-refractivity contribution in [2.24, 2.45) is 0 Å². The number of ether oxygens (including phenoxy) is 1. The molecule has 0 atom stereocenters. The zero-order valence-electron chi connectivity index (χ0n) is 17.2. The van der Waals surface area contributed by atoms with Crippen molar-refractivity contribution in [3.63, 3.8) is 0 Å². The second-order valence-electron chi connectivity index (χ2n) is 8.20. The van der Waals surface area contributed by atoms with Crippen molar-refractivity contribution in [1.29, 1.82) is 0 Å². The molecule has 0 saturated heterocycles. The molecule has 152 valence electrons. The number of fused-ring (bicyclic) bond motifs is 1. The van der Waals surface area contributed by atoms with Crippen LogP contribution in [-0.2, 0) is 11.3 Å². The molecule has 4 aromatic rings. The van der Waals surface area contributed by atoms with Crippen LogP contribution in [0.2, 0.25) is 5.28 Å². The number of aromatic nitrogens is 2. The predicted octanol–water partition coefficient (Wildman–Crippen LogP) is 6.36. The van der Waals surface area contributed by atoms with Crippen LogP contribution in [0.4, 0.5) is 0 Å². The average molecular weight is 419 g/mol.